The molecule has 0 saturated carbocycles. The first-order valence-corrected chi connectivity index (χ1v) is 7.21. The molecule has 5 heteroatoms. The third-order valence-electron chi connectivity index (χ3n) is 3.39. The summed E-state index contributed by atoms with van der Waals surface area (Å²) in [6, 6.07) is 3.61. The molecule has 1 aromatic carbocycles. The van der Waals surface area contributed by atoms with E-state index in [1.807, 2.05) is 13.8 Å². The molecule has 0 spiro atoms. The van der Waals surface area contributed by atoms with E-state index in [2.05, 4.69) is 5.10 Å². The van der Waals surface area contributed by atoms with E-state index in [1.54, 1.807) is 4.68 Å². The maximum atomic E-state index is 13.7. The molecule has 108 valence electrons. The molecule has 0 bridgehead atoms. The van der Waals surface area contributed by atoms with Gasteiger partial charge in [-0.05, 0) is 18.9 Å². The Morgan fingerprint density at radius 1 is 1.20 bits per heavy atom. The maximum Gasteiger partial charge on any atom is 0.131 e. The van der Waals surface area contributed by atoms with Gasteiger partial charge in [0.1, 0.15) is 11.6 Å². The number of aryl methyl sites for hydroxylation is 1. The highest BCUT2D eigenvalue weighted by Crippen LogP contribution is 2.20. The van der Waals surface area contributed by atoms with Crippen LogP contribution in [0.1, 0.15) is 36.4 Å². The van der Waals surface area contributed by atoms with Crippen molar-refractivity contribution in [2.75, 3.05) is 0 Å². The van der Waals surface area contributed by atoms with Crippen molar-refractivity contribution in [1.82, 2.24) is 9.78 Å². The average molecular weight is 299 g/mol. The van der Waals surface area contributed by atoms with Gasteiger partial charge in [-0.2, -0.15) is 5.10 Å². The Bertz CT molecular complexity index is 608. The van der Waals surface area contributed by atoms with Gasteiger partial charge in [0.2, 0.25) is 0 Å². The minimum absolute atomic E-state index is 0.291. The third-order valence-corrected chi connectivity index (χ3v) is 3.66. The summed E-state index contributed by atoms with van der Waals surface area (Å²) in [7, 11) is 0. The highest BCUT2D eigenvalue weighted by Gasteiger charge is 2.15. The Hall–Kier alpha value is -1.42. The first kappa shape index (κ1) is 15.0. The smallest absolute Gasteiger partial charge is 0.131 e. The van der Waals surface area contributed by atoms with Crippen LogP contribution >= 0.6 is 11.6 Å². The zero-order valence-electron chi connectivity index (χ0n) is 11.6. The van der Waals surface area contributed by atoms with Crippen molar-refractivity contribution in [3.63, 3.8) is 0 Å². The Morgan fingerprint density at radius 2 is 1.95 bits per heavy atom. The molecule has 0 radical (unpaired) electrons. The van der Waals surface area contributed by atoms with Crippen LogP contribution in [0.15, 0.2) is 18.2 Å². The Labute approximate surface area is 122 Å². The molecule has 2 rings (SSSR count). The average Bonchev–Trinajstić information content (AvgIpc) is 2.78. The van der Waals surface area contributed by atoms with Crippen molar-refractivity contribution in [3.05, 3.63) is 52.3 Å². The van der Waals surface area contributed by atoms with Crippen LogP contribution in [-0.2, 0) is 25.3 Å². The second kappa shape index (κ2) is 6.35. The topological polar surface area (TPSA) is 17.8 Å². The van der Waals surface area contributed by atoms with E-state index >= 15 is 0 Å². The number of aromatic nitrogens is 2. The second-order valence-corrected chi connectivity index (χ2v) is 4.87. The molecule has 0 aliphatic rings. The van der Waals surface area contributed by atoms with Crippen molar-refractivity contribution in [2.24, 2.45) is 0 Å². The normalized spacial score (nSPS) is 11.1. The van der Waals surface area contributed by atoms with E-state index in [0.29, 0.717) is 18.0 Å². The van der Waals surface area contributed by atoms with Crippen LogP contribution in [0.3, 0.4) is 0 Å². The summed E-state index contributed by atoms with van der Waals surface area (Å²) in [5, 5.41) is 4.50. The fourth-order valence-corrected chi connectivity index (χ4v) is 2.67. The first-order valence-electron chi connectivity index (χ1n) is 6.68. The molecule has 1 aromatic heterocycles. The van der Waals surface area contributed by atoms with Gasteiger partial charge in [0.25, 0.3) is 0 Å². The minimum Gasteiger partial charge on any atom is -0.264 e. The Kier molecular flexibility index (Phi) is 4.76. The summed E-state index contributed by atoms with van der Waals surface area (Å²) in [5.74, 6) is -0.718. The van der Waals surface area contributed by atoms with Crippen molar-refractivity contribution >= 4 is 11.6 Å². The second-order valence-electron chi connectivity index (χ2n) is 4.61. The van der Waals surface area contributed by atoms with Gasteiger partial charge in [-0.1, -0.05) is 19.9 Å². The number of hydrogen-bond donors (Lipinski definition) is 0. The summed E-state index contributed by atoms with van der Waals surface area (Å²) in [6.45, 7) is 4.32. The summed E-state index contributed by atoms with van der Waals surface area (Å²) < 4.78 is 28.4. The molecule has 0 aliphatic carbocycles. The highest BCUT2D eigenvalue weighted by molar-refractivity contribution is 6.17. The van der Waals surface area contributed by atoms with Gasteiger partial charge in [0.05, 0.1) is 18.1 Å². The lowest BCUT2D eigenvalue weighted by molar-refractivity contribution is 0.552. The van der Waals surface area contributed by atoms with Crippen LogP contribution in [0.2, 0.25) is 0 Å². The lowest BCUT2D eigenvalue weighted by Gasteiger charge is -2.08. The van der Waals surface area contributed by atoms with Crippen LogP contribution in [0.4, 0.5) is 8.78 Å². The van der Waals surface area contributed by atoms with E-state index in [9.17, 15) is 8.78 Å². The van der Waals surface area contributed by atoms with Crippen LogP contribution < -0.4 is 0 Å². The monoisotopic (exact) mass is 298 g/mol. The van der Waals surface area contributed by atoms with Crippen LogP contribution in [0, 0.1) is 11.6 Å². The molecule has 2 nitrogen and oxygen atoms in total. The van der Waals surface area contributed by atoms with Gasteiger partial charge in [-0.25, -0.2) is 8.78 Å². The predicted octanol–water partition coefficient (Wildman–Crippen LogP) is 4.07. The van der Waals surface area contributed by atoms with E-state index in [1.165, 1.54) is 12.1 Å². The number of halogens is 3. The molecular weight excluding hydrogens is 282 g/mol. The van der Waals surface area contributed by atoms with Crippen molar-refractivity contribution in [1.29, 1.82) is 0 Å². The van der Waals surface area contributed by atoms with Crippen LogP contribution in [0.5, 0.6) is 0 Å². The van der Waals surface area contributed by atoms with Crippen molar-refractivity contribution in [2.45, 2.75) is 39.1 Å². The predicted molar refractivity (Wildman–Crippen MR) is 76.0 cm³/mol. The van der Waals surface area contributed by atoms with E-state index in [-0.39, 0.29) is 0 Å². The molecule has 0 N–H and O–H groups in total. The summed E-state index contributed by atoms with van der Waals surface area (Å²) in [6.07, 6.45) is 1.56. The number of benzene rings is 1. The number of alkyl halides is 1. The standard InChI is InChI=1S/C15H17ClF2N2/c1-3-14-12(8-16)15(4-2)20(19-14)9-10-5-6-11(17)7-13(10)18/h5-7H,3-4,8-9H2,1-2H3. The zero-order valence-corrected chi connectivity index (χ0v) is 12.3. The molecule has 20 heavy (non-hydrogen) atoms. The molecule has 0 atom stereocenters. The zero-order chi connectivity index (χ0) is 14.7. The Balaban J connectivity index is 2.40. The number of nitrogens with zero attached hydrogens (tertiary/aromatic N) is 2. The van der Waals surface area contributed by atoms with E-state index in [4.69, 9.17) is 11.6 Å². The molecule has 2 aromatic rings. The van der Waals surface area contributed by atoms with Crippen molar-refractivity contribution < 1.29 is 8.78 Å². The van der Waals surface area contributed by atoms with Gasteiger partial charge in [-0.3, -0.25) is 4.68 Å². The molecule has 0 saturated heterocycles. The maximum absolute atomic E-state index is 13.7. The number of rotatable bonds is 5. The largest absolute Gasteiger partial charge is 0.264 e. The van der Waals surface area contributed by atoms with Gasteiger partial charge >= 0.3 is 0 Å². The fraction of sp³-hybridized carbons (Fsp3) is 0.400. The first-order chi connectivity index (χ1) is 9.60. The lowest BCUT2D eigenvalue weighted by Crippen LogP contribution is -2.08. The molecule has 0 aliphatic heterocycles. The van der Waals surface area contributed by atoms with E-state index in [0.717, 1.165) is 35.9 Å². The fourth-order valence-electron chi connectivity index (χ4n) is 2.37. The van der Waals surface area contributed by atoms with Gasteiger partial charge < -0.3 is 0 Å². The third kappa shape index (κ3) is 2.85. The van der Waals surface area contributed by atoms with Crippen LogP contribution in [-0.4, -0.2) is 9.78 Å². The molecule has 0 unspecified atom stereocenters. The highest BCUT2D eigenvalue weighted by atomic mass is 35.5. The Morgan fingerprint density at radius 3 is 2.50 bits per heavy atom. The molecular formula is C15H17ClF2N2. The van der Waals surface area contributed by atoms with Gasteiger partial charge in [-0.15, -0.1) is 11.6 Å². The van der Waals surface area contributed by atoms with E-state index < -0.39 is 11.6 Å². The summed E-state index contributed by atoms with van der Waals surface area (Å²) >= 11 is 5.99. The van der Waals surface area contributed by atoms with Crippen LogP contribution in [0.25, 0.3) is 0 Å². The number of hydrogen-bond acceptors (Lipinski definition) is 1. The molecule has 1 heterocycles. The summed E-state index contributed by atoms with van der Waals surface area (Å²) in [4.78, 5) is 0. The quantitative estimate of drug-likeness (QED) is 0.761. The van der Waals surface area contributed by atoms with Gasteiger partial charge in [0.15, 0.2) is 0 Å². The van der Waals surface area contributed by atoms with Crippen molar-refractivity contribution in [3.8, 4) is 0 Å². The van der Waals surface area contributed by atoms with Gasteiger partial charge in [0, 0.05) is 22.9 Å². The SMILES string of the molecule is CCc1nn(Cc2ccc(F)cc2F)c(CC)c1CCl. The lowest BCUT2D eigenvalue weighted by atomic mass is 10.1. The molecule has 0 amide bonds. The summed E-state index contributed by atoms with van der Waals surface area (Å²) in [5.41, 5.74) is 3.41. The molecule has 0 fully saturated rings. The minimum atomic E-state index is -0.571.